The second-order valence-corrected chi connectivity index (χ2v) is 10.1. The minimum atomic E-state index is -6.44. The van der Waals surface area contributed by atoms with Gasteiger partial charge in [-0.15, -0.1) is 0 Å². The molecule has 2 fully saturated rings. The van der Waals surface area contributed by atoms with E-state index in [0.717, 1.165) is 12.8 Å². The van der Waals surface area contributed by atoms with Gasteiger partial charge < -0.3 is 11.5 Å². The third-order valence-electron chi connectivity index (χ3n) is 7.84. The summed E-state index contributed by atoms with van der Waals surface area (Å²) in [5, 5.41) is 0. The summed E-state index contributed by atoms with van der Waals surface area (Å²) in [5.74, 6) is -24.7. The van der Waals surface area contributed by atoms with Crippen LogP contribution in [0.15, 0.2) is 24.3 Å². The molecule has 2 nitrogen and oxygen atoms in total. The lowest BCUT2D eigenvalue weighted by Gasteiger charge is -2.38. The van der Waals surface area contributed by atoms with Crippen LogP contribution in [0.25, 0.3) is 0 Å². The molecule has 0 atom stereocenters. The van der Waals surface area contributed by atoms with E-state index >= 15 is 17.6 Å². The first-order valence-electron chi connectivity index (χ1n) is 11.9. The van der Waals surface area contributed by atoms with Gasteiger partial charge in [-0.3, -0.25) is 0 Å². The third-order valence-corrected chi connectivity index (χ3v) is 7.84. The highest BCUT2D eigenvalue weighted by Crippen LogP contribution is 2.60. The first-order chi connectivity index (χ1) is 16.5. The van der Waals surface area contributed by atoms with Crippen LogP contribution in [0.5, 0.6) is 0 Å². The molecule has 2 saturated carbocycles. The molecular weight excluding hydrogens is 492 g/mol. The number of rotatable bonds is 7. The zero-order chi connectivity index (χ0) is 26.8. The molecule has 4 N–H and O–H groups in total. The van der Waals surface area contributed by atoms with Gasteiger partial charge in [0.1, 0.15) is 0 Å². The minimum absolute atomic E-state index is 0.0146. The molecule has 0 saturated heterocycles. The Labute approximate surface area is 204 Å². The molecule has 0 amide bonds. The van der Waals surface area contributed by atoms with Gasteiger partial charge >= 0.3 is 23.7 Å². The molecule has 198 valence electrons. The normalized spacial score (nSPS) is 18.2. The van der Waals surface area contributed by atoms with Gasteiger partial charge in [0, 0.05) is 22.5 Å². The van der Waals surface area contributed by atoms with E-state index in [1.165, 1.54) is 13.8 Å². The zero-order valence-corrected chi connectivity index (χ0v) is 19.9. The zero-order valence-electron chi connectivity index (χ0n) is 19.9. The molecule has 36 heavy (non-hydrogen) atoms. The Bertz CT molecular complexity index is 1080. The molecule has 0 aliphatic heterocycles. The molecular formula is C26H28F8N2. The Morgan fingerprint density at radius 1 is 0.583 bits per heavy atom. The Kier molecular flexibility index (Phi) is 6.28. The van der Waals surface area contributed by atoms with Crippen LogP contribution >= 0.6 is 0 Å². The number of aryl methyl sites for hydroxylation is 2. The van der Waals surface area contributed by atoms with Crippen molar-refractivity contribution in [1.82, 2.24) is 0 Å². The minimum Gasteiger partial charge on any atom is -0.398 e. The van der Waals surface area contributed by atoms with Crippen LogP contribution in [0.4, 0.5) is 46.5 Å². The van der Waals surface area contributed by atoms with Crippen LogP contribution in [0.1, 0.15) is 83.7 Å². The molecule has 0 unspecified atom stereocenters. The lowest BCUT2D eigenvalue weighted by Crippen LogP contribution is -2.59. The van der Waals surface area contributed by atoms with Crippen molar-refractivity contribution in [1.29, 1.82) is 0 Å². The Morgan fingerprint density at radius 3 is 1.14 bits per heavy atom. The van der Waals surface area contributed by atoms with Crippen molar-refractivity contribution < 1.29 is 35.1 Å². The van der Waals surface area contributed by atoms with Gasteiger partial charge in [-0.25, -0.2) is 0 Å². The molecule has 0 aromatic heterocycles. The van der Waals surface area contributed by atoms with Crippen LogP contribution in [-0.2, 0) is 11.8 Å². The standard InChI is InChI=1S/C26H28F8N2/c1-13-9-17(11-19(21(13)35)15-5-3-6-15)23(27,28)25(31,32)26(33,34)24(29,30)18-10-14(2)22(36)20(12-18)16-7-4-8-16/h9-12,15-16H,3-8,35-36H2,1-2H3. The Hall–Kier alpha value is -2.52. The molecule has 10 heteroatoms. The van der Waals surface area contributed by atoms with Gasteiger partial charge in [-0.05, 0) is 97.9 Å². The smallest absolute Gasteiger partial charge is 0.382 e. The molecule has 2 aliphatic carbocycles. The molecule has 2 aromatic carbocycles. The van der Waals surface area contributed by atoms with E-state index in [4.69, 9.17) is 11.5 Å². The van der Waals surface area contributed by atoms with Gasteiger partial charge in [0.25, 0.3) is 0 Å². The average Bonchev–Trinajstić information content (AvgIpc) is 2.71. The first kappa shape index (κ1) is 26.5. The van der Waals surface area contributed by atoms with Gasteiger partial charge in [0.05, 0.1) is 0 Å². The molecule has 0 bridgehead atoms. The quantitative estimate of drug-likeness (QED) is 0.286. The maximum Gasteiger partial charge on any atom is 0.382 e. The van der Waals surface area contributed by atoms with Gasteiger partial charge in [-0.2, -0.15) is 35.1 Å². The molecule has 4 rings (SSSR count). The average molecular weight is 521 g/mol. The molecule has 0 radical (unpaired) electrons. The summed E-state index contributed by atoms with van der Waals surface area (Å²) in [7, 11) is 0. The number of anilines is 2. The molecule has 0 spiro atoms. The van der Waals surface area contributed by atoms with Crippen LogP contribution in [-0.4, -0.2) is 11.8 Å². The summed E-state index contributed by atoms with van der Waals surface area (Å²) in [6, 6.07) is 2.41. The SMILES string of the molecule is Cc1cc(C(F)(F)C(F)(F)C(F)(F)C(F)(F)c2cc(C)c(N)c(C3CCC3)c2)cc(C2CCC2)c1N. The van der Waals surface area contributed by atoms with Crippen molar-refractivity contribution in [3.8, 4) is 0 Å². The molecule has 2 aliphatic rings. The van der Waals surface area contributed by atoms with E-state index in [9.17, 15) is 17.6 Å². The summed E-state index contributed by atoms with van der Waals surface area (Å²) in [6.07, 6.45) is 3.83. The van der Waals surface area contributed by atoms with Gasteiger partial charge in [0.15, 0.2) is 0 Å². The fourth-order valence-electron chi connectivity index (χ4n) is 4.88. The number of alkyl halides is 8. The van der Waals surface area contributed by atoms with Crippen molar-refractivity contribution in [3.05, 3.63) is 57.6 Å². The highest BCUT2D eigenvalue weighted by atomic mass is 19.4. The number of halogens is 8. The highest BCUT2D eigenvalue weighted by molar-refractivity contribution is 5.59. The highest BCUT2D eigenvalue weighted by Gasteiger charge is 2.81. The van der Waals surface area contributed by atoms with Crippen molar-refractivity contribution in [3.63, 3.8) is 0 Å². The van der Waals surface area contributed by atoms with Crippen molar-refractivity contribution in [2.45, 2.75) is 87.9 Å². The summed E-state index contributed by atoms with van der Waals surface area (Å²) in [6.45, 7) is 2.56. The number of hydrogen-bond acceptors (Lipinski definition) is 2. The summed E-state index contributed by atoms with van der Waals surface area (Å²) < 4.78 is 121. The monoisotopic (exact) mass is 520 g/mol. The number of benzene rings is 2. The lowest BCUT2D eigenvalue weighted by atomic mass is 9.77. The topological polar surface area (TPSA) is 52.0 Å². The third kappa shape index (κ3) is 3.74. The van der Waals surface area contributed by atoms with E-state index in [1.54, 1.807) is 0 Å². The Morgan fingerprint density at radius 2 is 0.889 bits per heavy atom. The molecule has 2 aromatic rings. The lowest BCUT2D eigenvalue weighted by molar-refractivity contribution is -0.374. The van der Waals surface area contributed by atoms with E-state index in [0.29, 0.717) is 49.9 Å². The predicted octanol–water partition coefficient (Wildman–Crippen LogP) is 8.16. The second kappa shape index (κ2) is 8.52. The van der Waals surface area contributed by atoms with Crippen molar-refractivity contribution in [2.75, 3.05) is 11.5 Å². The van der Waals surface area contributed by atoms with Gasteiger partial charge in [-0.1, -0.05) is 12.8 Å². The largest absolute Gasteiger partial charge is 0.398 e. The van der Waals surface area contributed by atoms with Gasteiger partial charge in [0.2, 0.25) is 0 Å². The predicted molar refractivity (Wildman–Crippen MR) is 122 cm³/mol. The van der Waals surface area contributed by atoms with Crippen LogP contribution in [0, 0.1) is 13.8 Å². The Balaban J connectivity index is 1.78. The van der Waals surface area contributed by atoms with Crippen molar-refractivity contribution in [2.24, 2.45) is 0 Å². The first-order valence-corrected chi connectivity index (χ1v) is 11.9. The fourth-order valence-corrected chi connectivity index (χ4v) is 4.88. The van der Waals surface area contributed by atoms with E-state index in [1.807, 2.05) is 0 Å². The summed E-state index contributed by atoms with van der Waals surface area (Å²) in [4.78, 5) is 0. The number of hydrogen-bond donors (Lipinski definition) is 2. The van der Waals surface area contributed by atoms with E-state index < -0.39 is 34.8 Å². The fraction of sp³-hybridized carbons (Fsp3) is 0.538. The summed E-state index contributed by atoms with van der Waals surface area (Å²) in [5.41, 5.74) is 9.33. The van der Waals surface area contributed by atoms with Crippen LogP contribution < -0.4 is 11.5 Å². The van der Waals surface area contributed by atoms with Crippen LogP contribution in [0.3, 0.4) is 0 Å². The number of nitrogen functional groups attached to an aromatic ring is 2. The van der Waals surface area contributed by atoms with Crippen molar-refractivity contribution >= 4 is 11.4 Å². The second-order valence-electron chi connectivity index (χ2n) is 10.1. The van der Waals surface area contributed by atoms with E-state index in [-0.39, 0.29) is 45.5 Å². The maximum atomic E-state index is 15.1. The summed E-state index contributed by atoms with van der Waals surface area (Å²) >= 11 is 0. The maximum absolute atomic E-state index is 15.1. The van der Waals surface area contributed by atoms with Crippen LogP contribution in [0.2, 0.25) is 0 Å². The number of nitrogens with two attached hydrogens (primary N) is 2. The van der Waals surface area contributed by atoms with E-state index in [2.05, 4.69) is 0 Å². The molecule has 0 heterocycles.